The van der Waals surface area contributed by atoms with Crippen LogP contribution in [0.1, 0.15) is 42.3 Å². The predicted octanol–water partition coefficient (Wildman–Crippen LogP) is 2.28. The maximum absolute atomic E-state index is 6.08. The van der Waals surface area contributed by atoms with Gasteiger partial charge in [-0.05, 0) is 36.3 Å². The van der Waals surface area contributed by atoms with Gasteiger partial charge in [-0.2, -0.15) is 0 Å². The number of nitrogens with zero attached hydrogens (tertiary/aromatic N) is 1. The van der Waals surface area contributed by atoms with E-state index < -0.39 is 0 Å². The smallest absolute Gasteiger partial charge is 0.0710 e. The van der Waals surface area contributed by atoms with E-state index in [0.29, 0.717) is 18.7 Å². The zero-order valence-electron chi connectivity index (χ0n) is 11.7. The highest BCUT2D eigenvalue weighted by molar-refractivity contribution is 5.36. The van der Waals surface area contributed by atoms with Crippen LogP contribution in [0.2, 0.25) is 0 Å². The van der Waals surface area contributed by atoms with E-state index in [1.165, 1.54) is 24.0 Å². The minimum absolute atomic E-state index is 0.358. The van der Waals surface area contributed by atoms with E-state index >= 15 is 0 Å². The summed E-state index contributed by atoms with van der Waals surface area (Å²) in [5.41, 5.74) is 9.05. The van der Waals surface area contributed by atoms with Crippen molar-refractivity contribution in [3.63, 3.8) is 0 Å². The molecule has 0 spiro atoms. The quantitative estimate of drug-likeness (QED) is 0.882. The molecule has 104 valence electrons. The average molecular weight is 260 g/mol. The Bertz CT molecular complexity index is 431. The van der Waals surface area contributed by atoms with Crippen LogP contribution in [0.25, 0.3) is 0 Å². The molecule has 2 N–H and O–H groups in total. The molecule has 0 radical (unpaired) electrons. The van der Waals surface area contributed by atoms with E-state index in [-0.39, 0.29) is 0 Å². The minimum atomic E-state index is 0.358. The first kappa shape index (κ1) is 13.1. The SMILES string of the molecule is COC1CCN(C(CN)c2ccccc2C2CC2)C1. The van der Waals surface area contributed by atoms with Crippen molar-refractivity contribution in [2.75, 3.05) is 26.7 Å². The normalized spacial score (nSPS) is 25.7. The molecule has 1 heterocycles. The Morgan fingerprint density at radius 3 is 2.74 bits per heavy atom. The largest absolute Gasteiger partial charge is 0.380 e. The van der Waals surface area contributed by atoms with Gasteiger partial charge in [0.05, 0.1) is 6.10 Å². The molecule has 3 heteroatoms. The number of benzene rings is 1. The molecular formula is C16H24N2O. The van der Waals surface area contributed by atoms with Crippen molar-refractivity contribution in [3.8, 4) is 0 Å². The maximum Gasteiger partial charge on any atom is 0.0710 e. The lowest BCUT2D eigenvalue weighted by atomic mass is 9.96. The van der Waals surface area contributed by atoms with Gasteiger partial charge in [0.15, 0.2) is 0 Å². The molecule has 2 atom stereocenters. The summed E-state index contributed by atoms with van der Waals surface area (Å²) in [6, 6.07) is 9.22. The zero-order valence-corrected chi connectivity index (χ0v) is 11.7. The Balaban J connectivity index is 1.82. The Morgan fingerprint density at radius 1 is 1.32 bits per heavy atom. The van der Waals surface area contributed by atoms with Crippen LogP contribution in [0.5, 0.6) is 0 Å². The summed E-state index contributed by atoms with van der Waals surface area (Å²) in [5.74, 6) is 0.783. The van der Waals surface area contributed by atoms with Gasteiger partial charge in [0.25, 0.3) is 0 Å². The number of methoxy groups -OCH3 is 1. The lowest BCUT2D eigenvalue weighted by Crippen LogP contribution is -2.33. The fraction of sp³-hybridized carbons (Fsp3) is 0.625. The van der Waals surface area contributed by atoms with Crippen molar-refractivity contribution in [2.24, 2.45) is 5.73 Å². The van der Waals surface area contributed by atoms with E-state index in [1.54, 1.807) is 0 Å². The molecule has 2 unspecified atom stereocenters. The molecule has 1 saturated carbocycles. The first-order chi connectivity index (χ1) is 9.33. The Labute approximate surface area is 115 Å². The highest BCUT2D eigenvalue weighted by atomic mass is 16.5. The van der Waals surface area contributed by atoms with Crippen molar-refractivity contribution >= 4 is 0 Å². The fourth-order valence-electron chi connectivity index (χ4n) is 3.28. The van der Waals surface area contributed by atoms with Gasteiger partial charge in [-0.3, -0.25) is 4.90 Å². The average Bonchev–Trinajstić information content (AvgIpc) is 3.19. The third-order valence-corrected chi connectivity index (χ3v) is 4.55. The highest BCUT2D eigenvalue weighted by Crippen LogP contribution is 2.43. The lowest BCUT2D eigenvalue weighted by molar-refractivity contribution is 0.101. The molecule has 19 heavy (non-hydrogen) atoms. The fourth-order valence-corrected chi connectivity index (χ4v) is 3.28. The number of ether oxygens (including phenoxy) is 1. The van der Waals surface area contributed by atoms with Gasteiger partial charge in [0, 0.05) is 32.8 Å². The van der Waals surface area contributed by atoms with Gasteiger partial charge in [-0.1, -0.05) is 24.3 Å². The minimum Gasteiger partial charge on any atom is -0.380 e. The van der Waals surface area contributed by atoms with Gasteiger partial charge >= 0.3 is 0 Å². The molecule has 2 fully saturated rings. The van der Waals surface area contributed by atoms with Crippen LogP contribution < -0.4 is 5.73 Å². The second kappa shape index (κ2) is 5.61. The highest BCUT2D eigenvalue weighted by Gasteiger charge is 2.32. The number of nitrogens with two attached hydrogens (primary N) is 1. The van der Waals surface area contributed by atoms with Crippen LogP contribution in [-0.4, -0.2) is 37.7 Å². The molecule has 3 nitrogen and oxygen atoms in total. The van der Waals surface area contributed by atoms with Crippen LogP contribution in [0.4, 0.5) is 0 Å². The van der Waals surface area contributed by atoms with Gasteiger partial charge in [-0.25, -0.2) is 0 Å². The van der Waals surface area contributed by atoms with Crippen molar-refractivity contribution in [1.29, 1.82) is 0 Å². The number of hydrogen-bond acceptors (Lipinski definition) is 3. The number of likely N-dealkylation sites (tertiary alicyclic amines) is 1. The summed E-state index contributed by atoms with van der Waals surface area (Å²) in [6.07, 6.45) is 4.19. The topological polar surface area (TPSA) is 38.5 Å². The van der Waals surface area contributed by atoms with Gasteiger partial charge in [-0.15, -0.1) is 0 Å². The molecule has 0 bridgehead atoms. The number of rotatable bonds is 5. The van der Waals surface area contributed by atoms with Crippen LogP contribution >= 0.6 is 0 Å². The molecule has 1 aliphatic carbocycles. The second-order valence-electron chi connectivity index (χ2n) is 5.80. The Morgan fingerprint density at radius 2 is 2.11 bits per heavy atom. The summed E-state index contributed by atoms with van der Waals surface area (Å²) in [4.78, 5) is 2.50. The van der Waals surface area contributed by atoms with Crippen molar-refractivity contribution in [3.05, 3.63) is 35.4 Å². The van der Waals surface area contributed by atoms with Crippen LogP contribution in [-0.2, 0) is 4.74 Å². The predicted molar refractivity (Wildman–Crippen MR) is 77.2 cm³/mol. The summed E-state index contributed by atoms with van der Waals surface area (Å²) >= 11 is 0. The first-order valence-electron chi connectivity index (χ1n) is 7.39. The van der Waals surface area contributed by atoms with Crippen molar-refractivity contribution < 1.29 is 4.74 Å². The van der Waals surface area contributed by atoms with Crippen LogP contribution in [0, 0.1) is 0 Å². The zero-order chi connectivity index (χ0) is 13.2. The summed E-state index contributed by atoms with van der Waals surface area (Å²) in [7, 11) is 1.81. The summed E-state index contributed by atoms with van der Waals surface area (Å²) in [6.45, 7) is 2.80. The summed E-state index contributed by atoms with van der Waals surface area (Å²) in [5, 5.41) is 0. The molecule has 1 aromatic rings. The van der Waals surface area contributed by atoms with Crippen molar-refractivity contribution in [1.82, 2.24) is 4.90 Å². The summed E-state index contributed by atoms with van der Waals surface area (Å²) < 4.78 is 5.48. The van der Waals surface area contributed by atoms with Gasteiger partial charge in [0.1, 0.15) is 0 Å². The van der Waals surface area contributed by atoms with E-state index in [2.05, 4.69) is 29.2 Å². The molecule has 1 saturated heterocycles. The van der Waals surface area contributed by atoms with E-state index in [4.69, 9.17) is 10.5 Å². The van der Waals surface area contributed by atoms with E-state index in [0.717, 1.165) is 25.4 Å². The maximum atomic E-state index is 6.08. The van der Waals surface area contributed by atoms with E-state index in [1.807, 2.05) is 7.11 Å². The molecular weight excluding hydrogens is 236 g/mol. The third-order valence-electron chi connectivity index (χ3n) is 4.55. The van der Waals surface area contributed by atoms with Crippen LogP contribution in [0.15, 0.2) is 24.3 Å². The molecule has 1 aliphatic heterocycles. The van der Waals surface area contributed by atoms with Crippen LogP contribution in [0.3, 0.4) is 0 Å². The standard InChI is InChI=1S/C16H24N2O/c1-19-13-8-9-18(11-13)16(10-17)15-5-3-2-4-14(15)12-6-7-12/h2-5,12-13,16H,6-11,17H2,1H3. The monoisotopic (exact) mass is 260 g/mol. The molecule has 2 aliphatic rings. The van der Waals surface area contributed by atoms with Gasteiger partial charge < -0.3 is 10.5 Å². The molecule has 3 rings (SSSR count). The molecule has 0 aromatic heterocycles. The Kier molecular flexibility index (Phi) is 3.87. The molecule has 0 amide bonds. The number of hydrogen-bond donors (Lipinski definition) is 1. The van der Waals surface area contributed by atoms with Crippen molar-refractivity contribution in [2.45, 2.75) is 37.3 Å². The lowest BCUT2D eigenvalue weighted by Gasteiger charge is -2.28. The third kappa shape index (κ3) is 2.69. The van der Waals surface area contributed by atoms with E-state index in [9.17, 15) is 0 Å². The van der Waals surface area contributed by atoms with Gasteiger partial charge in [0.2, 0.25) is 0 Å². The first-order valence-corrected chi connectivity index (χ1v) is 7.39. The Hall–Kier alpha value is -0.900. The second-order valence-corrected chi connectivity index (χ2v) is 5.80. The molecule has 1 aromatic carbocycles.